The van der Waals surface area contributed by atoms with Crippen LogP contribution in [0, 0.1) is 5.41 Å². The number of hydrogen-bond acceptors (Lipinski definition) is 3. The molecule has 0 aliphatic rings. The van der Waals surface area contributed by atoms with Crippen LogP contribution in [0.25, 0.3) is 0 Å². The Hall–Kier alpha value is -0.990. The van der Waals surface area contributed by atoms with E-state index in [0.29, 0.717) is 0 Å². The molecule has 3 heteroatoms. The minimum Gasteiger partial charge on any atom is -0.299 e. The second-order valence-corrected chi connectivity index (χ2v) is 5.20. The summed E-state index contributed by atoms with van der Waals surface area (Å²) in [6.45, 7) is 6.97. The molecule has 18 heavy (non-hydrogen) atoms. The molecule has 0 rings (SSSR count). The van der Waals surface area contributed by atoms with Crippen molar-refractivity contribution in [2.45, 2.75) is 72.6 Å². The summed E-state index contributed by atoms with van der Waals surface area (Å²) in [6.07, 6.45) is 5.38. The normalized spacial score (nSPS) is 11.3. The van der Waals surface area contributed by atoms with E-state index in [1.807, 2.05) is 0 Å². The van der Waals surface area contributed by atoms with Gasteiger partial charge in [-0.05, 0) is 19.8 Å². The van der Waals surface area contributed by atoms with Gasteiger partial charge in [0.1, 0.15) is 5.78 Å². The van der Waals surface area contributed by atoms with Crippen molar-refractivity contribution >= 4 is 17.3 Å². The van der Waals surface area contributed by atoms with E-state index in [1.54, 1.807) is 6.92 Å². The lowest BCUT2D eigenvalue weighted by Crippen LogP contribution is -2.34. The Bertz CT molecular complexity index is 297. The number of ketones is 3. The van der Waals surface area contributed by atoms with Crippen molar-refractivity contribution in [1.29, 1.82) is 0 Å². The number of hydrogen-bond donors (Lipinski definition) is 0. The van der Waals surface area contributed by atoms with Crippen LogP contribution in [-0.4, -0.2) is 17.3 Å². The first kappa shape index (κ1) is 17.0. The molecule has 0 aromatic rings. The van der Waals surface area contributed by atoms with Crippen LogP contribution in [0.15, 0.2) is 0 Å². The first-order chi connectivity index (χ1) is 8.39. The lowest BCUT2D eigenvalue weighted by atomic mass is 9.71. The van der Waals surface area contributed by atoms with Gasteiger partial charge < -0.3 is 0 Å². The van der Waals surface area contributed by atoms with Crippen molar-refractivity contribution < 1.29 is 14.4 Å². The summed E-state index contributed by atoms with van der Waals surface area (Å²) in [5, 5.41) is 0. The number of unbranched alkanes of at least 4 members (excludes halogenated alkanes) is 2. The molecule has 0 amide bonds. The minimum absolute atomic E-state index is 0.0546. The summed E-state index contributed by atoms with van der Waals surface area (Å²) in [5.74, 6) is -0.787. The molecule has 0 aliphatic heterocycles. The molecule has 0 fully saturated rings. The Morgan fingerprint density at radius 2 is 1.33 bits per heavy atom. The highest BCUT2D eigenvalue weighted by Gasteiger charge is 2.37. The van der Waals surface area contributed by atoms with E-state index >= 15 is 0 Å². The predicted octanol–water partition coefficient (Wildman–Crippen LogP) is 3.49. The zero-order valence-corrected chi connectivity index (χ0v) is 12.2. The van der Waals surface area contributed by atoms with Crippen LogP contribution in [0.3, 0.4) is 0 Å². The monoisotopic (exact) mass is 254 g/mol. The maximum absolute atomic E-state index is 12.0. The van der Waals surface area contributed by atoms with Gasteiger partial charge in [0.25, 0.3) is 0 Å². The zero-order valence-electron chi connectivity index (χ0n) is 12.2. The van der Waals surface area contributed by atoms with Crippen molar-refractivity contribution in [3.8, 4) is 0 Å². The van der Waals surface area contributed by atoms with Crippen molar-refractivity contribution in [2.75, 3.05) is 0 Å². The first-order valence-corrected chi connectivity index (χ1v) is 6.94. The van der Waals surface area contributed by atoms with Crippen molar-refractivity contribution in [2.24, 2.45) is 5.41 Å². The third-order valence-electron chi connectivity index (χ3n) is 3.66. The van der Waals surface area contributed by atoms with Crippen molar-refractivity contribution in [3.05, 3.63) is 0 Å². The Kier molecular flexibility index (Phi) is 7.72. The summed E-state index contributed by atoms with van der Waals surface area (Å²) in [5.41, 5.74) is -0.602. The molecule has 0 spiro atoms. The molecule has 0 saturated carbocycles. The van der Waals surface area contributed by atoms with E-state index in [-0.39, 0.29) is 12.2 Å². The smallest absolute Gasteiger partial charge is 0.199 e. The lowest BCUT2D eigenvalue weighted by molar-refractivity contribution is -0.140. The molecule has 3 nitrogen and oxygen atoms in total. The molecule has 0 heterocycles. The summed E-state index contributed by atoms with van der Waals surface area (Å²) in [6, 6.07) is 0. The van der Waals surface area contributed by atoms with Crippen molar-refractivity contribution in [3.63, 3.8) is 0 Å². The summed E-state index contributed by atoms with van der Waals surface area (Å²) in [4.78, 5) is 34.8. The molecular formula is C15H26O3. The van der Waals surface area contributed by atoms with Crippen molar-refractivity contribution in [1.82, 2.24) is 0 Å². The van der Waals surface area contributed by atoms with Gasteiger partial charge in [0.15, 0.2) is 11.6 Å². The SMILES string of the molecule is CCCCC(CCCC)(CC(=O)C(C)=O)C(C)=O. The van der Waals surface area contributed by atoms with Gasteiger partial charge in [-0.1, -0.05) is 39.5 Å². The van der Waals surface area contributed by atoms with Gasteiger partial charge in [-0.15, -0.1) is 0 Å². The Morgan fingerprint density at radius 1 is 0.889 bits per heavy atom. The Balaban J connectivity index is 4.98. The third-order valence-corrected chi connectivity index (χ3v) is 3.66. The second-order valence-electron chi connectivity index (χ2n) is 5.20. The topological polar surface area (TPSA) is 51.2 Å². The standard InChI is InChI=1S/C15H26O3/c1-5-7-9-15(13(4)17,10-8-6-2)11-14(18)12(3)16/h5-11H2,1-4H3. The van der Waals surface area contributed by atoms with Gasteiger partial charge in [0, 0.05) is 18.8 Å². The predicted molar refractivity (Wildman–Crippen MR) is 72.5 cm³/mol. The maximum atomic E-state index is 12.0. The molecule has 0 aromatic heterocycles. The van der Waals surface area contributed by atoms with E-state index in [2.05, 4.69) is 13.8 Å². The summed E-state index contributed by atoms with van der Waals surface area (Å²) < 4.78 is 0. The molecular weight excluding hydrogens is 228 g/mol. The summed E-state index contributed by atoms with van der Waals surface area (Å²) in [7, 11) is 0. The average Bonchev–Trinajstić information content (AvgIpc) is 2.32. The molecule has 0 saturated heterocycles. The van der Waals surface area contributed by atoms with Gasteiger partial charge >= 0.3 is 0 Å². The molecule has 104 valence electrons. The van der Waals surface area contributed by atoms with Gasteiger partial charge in [0.05, 0.1) is 0 Å². The highest BCUT2D eigenvalue weighted by atomic mass is 16.2. The molecule has 0 radical (unpaired) electrons. The van der Waals surface area contributed by atoms with Crippen LogP contribution >= 0.6 is 0 Å². The highest BCUT2D eigenvalue weighted by molar-refractivity contribution is 6.36. The quantitative estimate of drug-likeness (QED) is 0.561. The number of carbonyl (C=O) groups excluding carboxylic acids is 3. The Labute approximate surface area is 110 Å². The number of carbonyl (C=O) groups is 3. The van der Waals surface area contributed by atoms with E-state index in [1.165, 1.54) is 6.92 Å². The Morgan fingerprint density at radius 3 is 1.61 bits per heavy atom. The molecule has 0 atom stereocenters. The maximum Gasteiger partial charge on any atom is 0.199 e. The van der Waals surface area contributed by atoms with Gasteiger partial charge in [-0.2, -0.15) is 0 Å². The van der Waals surface area contributed by atoms with Gasteiger partial charge in [-0.25, -0.2) is 0 Å². The number of rotatable bonds is 10. The van der Waals surface area contributed by atoms with Gasteiger partial charge in [0.2, 0.25) is 0 Å². The first-order valence-electron chi connectivity index (χ1n) is 6.94. The highest BCUT2D eigenvalue weighted by Crippen LogP contribution is 2.36. The van der Waals surface area contributed by atoms with Crippen LogP contribution in [-0.2, 0) is 14.4 Å². The fourth-order valence-electron chi connectivity index (χ4n) is 2.24. The average molecular weight is 254 g/mol. The molecule has 0 N–H and O–H groups in total. The van der Waals surface area contributed by atoms with E-state index < -0.39 is 17.0 Å². The van der Waals surface area contributed by atoms with Crippen LogP contribution in [0.5, 0.6) is 0 Å². The van der Waals surface area contributed by atoms with Crippen LogP contribution in [0.4, 0.5) is 0 Å². The largest absolute Gasteiger partial charge is 0.299 e. The third kappa shape index (κ3) is 5.11. The van der Waals surface area contributed by atoms with E-state index in [0.717, 1.165) is 38.5 Å². The van der Waals surface area contributed by atoms with Gasteiger partial charge in [-0.3, -0.25) is 14.4 Å². The fourth-order valence-corrected chi connectivity index (χ4v) is 2.24. The van der Waals surface area contributed by atoms with Crippen LogP contribution < -0.4 is 0 Å². The van der Waals surface area contributed by atoms with E-state index in [4.69, 9.17) is 0 Å². The summed E-state index contributed by atoms with van der Waals surface area (Å²) >= 11 is 0. The lowest BCUT2D eigenvalue weighted by Gasteiger charge is -2.30. The van der Waals surface area contributed by atoms with Crippen LogP contribution in [0.1, 0.15) is 72.6 Å². The molecule has 0 aliphatic carbocycles. The molecule has 0 bridgehead atoms. The second kappa shape index (κ2) is 8.17. The number of Topliss-reactive ketones (excluding diaryl/α,β-unsaturated/α-hetero) is 3. The molecule has 0 unspecified atom stereocenters. The van der Waals surface area contributed by atoms with E-state index in [9.17, 15) is 14.4 Å². The zero-order chi connectivity index (χ0) is 14.2. The van der Waals surface area contributed by atoms with Crippen LogP contribution in [0.2, 0.25) is 0 Å². The molecule has 0 aromatic carbocycles. The minimum atomic E-state index is -0.602. The fraction of sp³-hybridized carbons (Fsp3) is 0.800.